The Morgan fingerprint density at radius 2 is 1.72 bits per heavy atom. The predicted octanol–water partition coefficient (Wildman–Crippen LogP) is 3.97. The number of likely N-dealkylation sites (tertiary alicyclic amines) is 1. The molecule has 2 aromatic carbocycles. The van der Waals surface area contributed by atoms with Crippen LogP contribution in [0.1, 0.15) is 30.4 Å². The SMILES string of the molecule is O=C(CCc1ccccc1F)N1CCC(OCc2ccccc2)CC1. The Hall–Kier alpha value is -2.20. The van der Waals surface area contributed by atoms with Gasteiger partial charge in [-0.1, -0.05) is 48.5 Å². The predicted molar refractivity (Wildman–Crippen MR) is 95.6 cm³/mol. The van der Waals surface area contributed by atoms with Crippen molar-refractivity contribution in [3.05, 3.63) is 71.5 Å². The molecule has 1 aliphatic rings. The number of piperidine rings is 1. The summed E-state index contributed by atoms with van der Waals surface area (Å²) < 4.78 is 19.6. The van der Waals surface area contributed by atoms with Crippen LogP contribution in [0.2, 0.25) is 0 Å². The molecular weight excluding hydrogens is 317 g/mol. The fourth-order valence-electron chi connectivity index (χ4n) is 3.16. The molecule has 0 aliphatic carbocycles. The Bertz CT molecular complexity index is 681. The van der Waals surface area contributed by atoms with Crippen LogP contribution in [0.5, 0.6) is 0 Å². The second-order valence-corrected chi connectivity index (χ2v) is 6.47. The fourth-order valence-corrected chi connectivity index (χ4v) is 3.16. The van der Waals surface area contributed by atoms with Gasteiger partial charge in [-0.2, -0.15) is 0 Å². The summed E-state index contributed by atoms with van der Waals surface area (Å²) in [6, 6.07) is 16.8. The van der Waals surface area contributed by atoms with Gasteiger partial charge >= 0.3 is 0 Å². The van der Waals surface area contributed by atoms with E-state index in [9.17, 15) is 9.18 Å². The first kappa shape index (κ1) is 17.6. The molecular formula is C21H24FNO2. The summed E-state index contributed by atoms with van der Waals surface area (Å²) >= 11 is 0. The van der Waals surface area contributed by atoms with Gasteiger partial charge in [0, 0.05) is 19.5 Å². The molecule has 1 fully saturated rings. The van der Waals surface area contributed by atoms with Gasteiger partial charge in [0.25, 0.3) is 0 Å². The summed E-state index contributed by atoms with van der Waals surface area (Å²) in [6.45, 7) is 2.05. The Morgan fingerprint density at radius 1 is 1.04 bits per heavy atom. The zero-order valence-corrected chi connectivity index (χ0v) is 14.4. The van der Waals surface area contributed by atoms with Crippen molar-refractivity contribution >= 4 is 5.91 Å². The molecule has 3 rings (SSSR count). The highest BCUT2D eigenvalue weighted by Crippen LogP contribution is 2.17. The minimum atomic E-state index is -0.233. The number of nitrogens with zero attached hydrogens (tertiary/aromatic N) is 1. The average molecular weight is 341 g/mol. The molecule has 0 N–H and O–H groups in total. The van der Waals surface area contributed by atoms with E-state index < -0.39 is 0 Å². The molecule has 1 amide bonds. The van der Waals surface area contributed by atoms with Crippen LogP contribution in [0.3, 0.4) is 0 Å². The van der Waals surface area contributed by atoms with Crippen LogP contribution < -0.4 is 0 Å². The normalized spacial score (nSPS) is 15.3. The van der Waals surface area contributed by atoms with Gasteiger partial charge < -0.3 is 9.64 Å². The number of ether oxygens (including phenoxy) is 1. The molecule has 1 heterocycles. The molecule has 0 spiro atoms. The van der Waals surface area contributed by atoms with E-state index >= 15 is 0 Å². The second kappa shape index (κ2) is 8.77. The van der Waals surface area contributed by atoms with Gasteiger partial charge in [0.2, 0.25) is 5.91 Å². The van der Waals surface area contributed by atoms with E-state index in [2.05, 4.69) is 12.1 Å². The van der Waals surface area contributed by atoms with Gasteiger partial charge in [-0.05, 0) is 36.5 Å². The van der Waals surface area contributed by atoms with E-state index in [4.69, 9.17) is 4.74 Å². The van der Waals surface area contributed by atoms with E-state index in [0.717, 1.165) is 25.9 Å². The van der Waals surface area contributed by atoms with E-state index in [-0.39, 0.29) is 17.8 Å². The largest absolute Gasteiger partial charge is 0.373 e. The highest BCUT2D eigenvalue weighted by atomic mass is 19.1. The lowest BCUT2D eigenvalue weighted by atomic mass is 10.1. The van der Waals surface area contributed by atoms with E-state index in [1.165, 1.54) is 11.6 Å². The minimum absolute atomic E-state index is 0.102. The summed E-state index contributed by atoms with van der Waals surface area (Å²) in [5, 5.41) is 0. The van der Waals surface area contributed by atoms with Crippen molar-refractivity contribution in [2.45, 2.75) is 38.4 Å². The lowest BCUT2D eigenvalue weighted by Crippen LogP contribution is -2.41. The highest BCUT2D eigenvalue weighted by molar-refractivity contribution is 5.76. The summed E-state index contributed by atoms with van der Waals surface area (Å²) in [6.07, 6.45) is 2.74. The van der Waals surface area contributed by atoms with Crippen molar-refractivity contribution in [2.24, 2.45) is 0 Å². The minimum Gasteiger partial charge on any atom is -0.373 e. The molecule has 0 radical (unpaired) electrons. The van der Waals surface area contributed by atoms with Crippen molar-refractivity contribution in [2.75, 3.05) is 13.1 Å². The third-order valence-electron chi connectivity index (χ3n) is 4.69. The van der Waals surface area contributed by atoms with Crippen LogP contribution in [0, 0.1) is 5.82 Å². The lowest BCUT2D eigenvalue weighted by molar-refractivity contribution is -0.134. The van der Waals surface area contributed by atoms with Crippen molar-refractivity contribution < 1.29 is 13.9 Å². The lowest BCUT2D eigenvalue weighted by Gasteiger charge is -2.32. The quantitative estimate of drug-likeness (QED) is 0.796. The Labute approximate surface area is 148 Å². The number of rotatable bonds is 6. The van der Waals surface area contributed by atoms with Crippen LogP contribution in [0.15, 0.2) is 54.6 Å². The van der Waals surface area contributed by atoms with Crippen LogP contribution in [-0.2, 0) is 22.6 Å². The number of benzene rings is 2. The molecule has 3 nitrogen and oxygen atoms in total. The van der Waals surface area contributed by atoms with Crippen LogP contribution >= 0.6 is 0 Å². The maximum absolute atomic E-state index is 13.6. The summed E-state index contributed by atoms with van der Waals surface area (Å²) in [7, 11) is 0. The Morgan fingerprint density at radius 3 is 2.44 bits per heavy atom. The van der Waals surface area contributed by atoms with Crippen molar-refractivity contribution in [1.29, 1.82) is 0 Å². The Balaban J connectivity index is 1.39. The zero-order valence-electron chi connectivity index (χ0n) is 14.4. The standard InChI is InChI=1S/C21H24FNO2/c22-20-9-5-4-8-18(20)10-11-21(24)23-14-12-19(13-15-23)25-16-17-6-2-1-3-7-17/h1-9,19H,10-16H2. The van der Waals surface area contributed by atoms with Crippen molar-refractivity contribution in [3.8, 4) is 0 Å². The summed E-state index contributed by atoms with van der Waals surface area (Å²) in [4.78, 5) is 14.2. The third-order valence-corrected chi connectivity index (χ3v) is 4.69. The summed E-state index contributed by atoms with van der Waals surface area (Å²) in [5.41, 5.74) is 1.78. The molecule has 0 unspecified atom stereocenters. The average Bonchev–Trinajstić information content (AvgIpc) is 2.67. The van der Waals surface area contributed by atoms with Crippen LogP contribution in [0.4, 0.5) is 4.39 Å². The van der Waals surface area contributed by atoms with E-state index in [1.807, 2.05) is 23.1 Å². The first-order chi connectivity index (χ1) is 12.2. The van der Waals surface area contributed by atoms with Gasteiger partial charge in [0.05, 0.1) is 12.7 Å². The van der Waals surface area contributed by atoms with Gasteiger partial charge in [0.1, 0.15) is 5.82 Å². The zero-order chi connectivity index (χ0) is 17.5. The molecule has 0 aromatic heterocycles. The van der Waals surface area contributed by atoms with Gasteiger partial charge in [0.15, 0.2) is 0 Å². The van der Waals surface area contributed by atoms with E-state index in [0.29, 0.717) is 25.0 Å². The monoisotopic (exact) mass is 341 g/mol. The molecule has 4 heteroatoms. The van der Waals surface area contributed by atoms with Crippen molar-refractivity contribution in [3.63, 3.8) is 0 Å². The number of halogens is 1. The Kier molecular flexibility index (Phi) is 6.18. The molecule has 1 aliphatic heterocycles. The molecule has 0 bridgehead atoms. The molecule has 132 valence electrons. The first-order valence-electron chi connectivity index (χ1n) is 8.89. The maximum Gasteiger partial charge on any atom is 0.222 e. The third kappa shape index (κ3) is 5.13. The number of hydrogen-bond donors (Lipinski definition) is 0. The van der Waals surface area contributed by atoms with E-state index in [1.54, 1.807) is 18.2 Å². The number of carbonyl (C=O) groups excluding carboxylic acids is 1. The molecule has 2 aromatic rings. The summed E-state index contributed by atoms with van der Waals surface area (Å²) in [5.74, 6) is -0.131. The smallest absolute Gasteiger partial charge is 0.222 e. The van der Waals surface area contributed by atoms with Crippen LogP contribution in [-0.4, -0.2) is 30.0 Å². The van der Waals surface area contributed by atoms with Crippen LogP contribution in [0.25, 0.3) is 0 Å². The van der Waals surface area contributed by atoms with Crippen molar-refractivity contribution in [1.82, 2.24) is 4.90 Å². The molecule has 0 saturated carbocycles. The van der Waals surface area contributed by atoms with Gasteiger partial charge in [-0.3, -0.25) is 4.79 Å². The second-order valence-electron chi connectivity index (χ2n) is 6.47. The molecule has 0 atom stereocenters. The number of carbonyl (C=O) groups is 1. The van der Waals surface area contributed by atoms with Gasteiger partial charge in [-0.25, -0.2) is 4.39 Å². The number of hydrogen-bond acceptors (Lipinski definition) is 2. The number of amides is 1. The molecule has 1 saturated heterocycles. The fraction of sp³-hybridized carbons (Fsp3) is 0.381. The topological polar surface area (TPSA) is 29.5 Å². The number of aryl methyl sites for hydroxylation is 1. The maximum atomic E-state index is 13.6. The first-order valence-corrected chi connectivity index (χ1v) is 8.89. The highest BCUT2D eigenvalue weighted by Gasteiger charge is 2.23. The van der Waals surface area contributed by atoms with Gasteiger partial charge in [-0.15, -0.1) is 0 Å². The molecule has 25 heavy (non-hydrogen) atoms.